The van der Waals surface area contributed by atoms with Gasteiger partial charge in [0.1, 0.15) is 19.0 Å². The number of alkyl halides is 3. The number of anilines is 3. The monoisotopic (exact) mass is 571 g/mol. The first-order valence-corrected chi connectivity index (χ1v) is 12.4. The lowest BCUT2D eigenvalue weighted by atomic mass is 10.1. The van der Waals surface area contributed by atoms with Crippen LogP contribution in [-0.4, -0.2) is 116 Å². The van der Waals surface area contributed by atoms with Gasteiger partial charge in [-0.1, -0.05) is 0 Å². The fraction of sp³-hybridized carbons (Fsp3) is 0.565. The predicted molar refractivity (Wildman–Crippen MR) is 132 cm³/mol. The van der Waals surface area contributed by atoms with Gasteiger partial charge in [-0.25, -0.2) is 9.78 Å². The second-order valence-electron chi connectivity index (χ2n) is 8.62. The molecule has 218 valence electrons. The number of amides is 1. The molecule has 0 aliphatic carbocycles. The highest BCUT2D eigenvalue weighted by Gasteiger charge is 2.36. The number of rotatable bonds is 11. The Bertz CT molecular complexity index is 1140. The lowest BCUT2D eigenvalue weighted by Crippen LogP contribution is -2.40. The Hall–Kier alpha value is -3.67. The molecule has 2 N–H and O–H groups in total. The van der Waals surface area contributed by atoms with Crippen molar-refractivity contribution in [2.75, 3.05) is 94.2 Å². The molecule has 0 aromatic carbocycles. The molecule has 2 aliphatic heterocycles. The third kappa shape index (κ3) is 8.17. The number of pyridine rings is 1. The highest BCUT2D eigenvalue weighted by atomic mass is 19.4. The van der Waals surface area contributed by atoms with Crippen LogP contribution in [0.2, 0.25) is 0 Å². The Kier molecular flexibility index (Phi) is 9.97. The Morgan fingerprint density at radius 3 is 2.00 bits per heavy atom. The molecule has 0 atom stereocenters. The number of hydrogen-bond acceptors (Lipinski definition) is 12. The average molecular weight is 572 g/mol. The van der Waals surface area contributed by atoms with Gasteiger partial charge < -0.3 is 39.2 Å². The summed E-state index contributed by atoms with van der Waals surface area (Å²) in [6.07, 6.45) is -3.86. The molecule has 0 spiro atoms. The molecular weight excluding hydrogens is 543 g/mol. The predicted octanol–water partition coefficient (Wildman–Crippen LogP) is 0.682. The number of nitrogens with one attached hydrogen (secondary N) is 1. The summed E-state index contributed by atoms with van der Waals surface area (Å²) < 4.78 is 63.1. The number of carbonyl (C=O) groups is 2. The number of hydrogen-bond donors (Lipinski definition) is 2. The van der Waals surface area contributed by atoms with E-state index in [9.17, 15) is 22.8 Å². The van der Waals surface area contributed by atoms with Crippen LogP contribution in [0.4, 0.5) is 30.9 Å². The van der Waals surface area contributed by atoms with E-state index < -0.39 is 36.8 Å². The minimum Gasteiger partial charge on any atom is -0.480 e. The molecule has 0 unspecified atom stereocenters. The van der Waals surface area contributed by atoms with E-state index in [-0.39, 0.29) is 42.3 Å². The largest absolute Gasteiger partial charge is 0.480 e. The molecule has 0 saturated carbocycles. The number of aromatic nitrogens is 4. The molecule has 17 heteroatoms. The number of morpholine rings is 2. The van der Waals surface area contributed by atoms with Gasteiger partial charge in [0.05, 0.1) is 50.8 Å². The molecule has 2 aromatic heterocycles. The summed E-state index contributed by atoms with van der Waals surface area (Å²) in [4.78, 5) is 43.4. The molecule has 40 heavy (non-hydrogen) atoms. The fourth-order valence-electron chi connectivity index (χ4n) is 3.84. The quantitative estimate of drug-likeness (QED) is 0.363. The van der Waals surface area contributed by atoms with Gasteiger partial charge in [0.15, 0.2) is 5.82 Å². The Balaban J connectivity index is 1.55. The number of halogens is 3. The van der Waals surface area contributed by atoms with Crippen molar-refractivity contribution in [2.24, 2.45) is 0 Å². The third-order valence-corrected chi connectivity index (χ3v) is 5.75. The van der Waals surface area contributed by atoms with Crippen LogP contribution in [0.5, 0.6) is 0 Å². The number of carboxylic acid groups (broad SMARTS) is 1. The van der Waals surface area contributed by atoms with Crippen LogP contribution in [0, 0.1) is 0 Å². The molecule has 2 aliphatic rings. The maximum Gasteiger partial charge on any atom is 0.417 e. The standard InChI is InChI=1S/C23H28F3N7O7/c24-23(25,26)16-11-17(28-18(34)13-39-9-10-40-14-19(35)36)27-12-15(16)20-29-21(32-1-5-37-6-2-32)31-22(30-20)33-3-7-38-8-4-33/h11-12H,1-10,13-14H2,(H,35,36)(H,27,28,34). The first-order valence-electron chi connectivity index (χ1n) is 12.4. The molecule has 4 heterocycles. The topological polar surface area (TPSA) is 161 Å². The summed E-state index contributed by atoms with van der Waals surface area (Å²) in [6.45, 7) is 2.40. The van der Waals surface area contributed by atoms with Gasteiger partial charge in [-0.05, 0) is 6.07 Å². The number of nitrogens with zero attached hydrogens (tertiary/aromatic N) is 6. The average Bonchev–Trinajstić information content (AvgIpc) is 2.95. The van der Waals surface area contributed by atoms with E-state index in [1.54, 1.807) is 0 Å². The van der Waals surface area contributed by atoms with Crippen molar-refractivity contribution in [2.45, 2.75) is 6.18 Å². The second-order valence-corrected chi connectivity index (χ2v) is 8.62. The van der Waals surface area contributed by atoms with Crippen LogP contribution in [0.25, 0.3) is 11.4 Å². The zero-order valence-electron chi connectivity index (χ0n) is 21.4. The summed E-state index contributed by atoms with van der Waals surface area (Å²) in [6, 6.07) is 0.704. The number of carboxylic acids is 1. The van der Waals surface area contributed by atoms with Gasteiger partial charge in [-0.2, -0.15) is 28.1 Å². The van der Waals surface area contributed by atoms with Gasteiger partial charge in [0, 0.05) is 32.4 Å². The van der Waals surface area contributed by atoms with Crippen molar-refractivity contribution < 1.29 is 46.8 Å². The summed E-state index contributed by atoms with van der Waals surface area (Å²) in [7, 11) is 0. The zero-order valence-corrected chi connectivity index (χ0v) is 21.4. The summed E-state index contributed by atoms with van der Waals surface area (Å²) in [5.41, 5.74) is -1.46. The van der Waals surface area contributed by atoms with Crippen LogP contribution in [-0.2, 0) is 34.7 Å². The van der Waals surface area contributed by atoms with Crippen molar-refractivity contribution in [3.8, 4) is 11.4 Å². The number of carbonyl (C=O) groups excluding carboxylic acids is 1. The fourth-order valence-corrected chi connectivity index (χ4v) is 3.84. The number of aliphatic carboxylic acids is 1. The van der Waals surface area contributed by atoms with E-state index in [0.717, 1.165) is 6.20 Å². The van der Waals surface area contributed by atoms with E-state index in [2.05, 4.69) is 25.3 Å². The highest BCUT2D eigenvalue weighted by Crippen LogP contribution is 2.37. The Labute approximate surface area is 226 Å². The van der Waals surface area contributed by atoms with Crippen molar-refractivity contribution in [1.29, 1.82) is 0 Å². The highest BCUT2D eigenvalue weighted by molar-refractivity contribution is 5.91. The first kappa shape index (κ1) is 29.3. The van der Waals surface area contributed by atoms with Crippen molar-refractivity contribution in [3.63, 3.8) is 0 Å². The van der Waals surface area contributed by atoms with Gasteiger partial charge in [0.2, 0.25) is 11.9 Å². The normalized spacial score (nSPS) is 16.2. The van der Waals surface area contributed by atoms with Crippen LogP contribution in [0.15, 0.2) is 12.3 Å². The molecule has 0 radical (unpaired) electrons. The lowest BCUT2D eigenvalue weighted by Gasteiger charge is -2.30. The molecule has 0 bridgehead atoms. The van der Waals surface area contributed by atoms with Gasteiger partial charge >= 0.3 is 12.1 Å². The van der Waals surface area contributed by atoms with Crippen molar-refractivity contribution in [3.05, 3.63) is 17.8 Å². The second kappa shape index (κ2) is 13.6. The Morgan fingerprint density at radius 1 is 0.925 bits per heavy atom. The first-order chi connectivity index (χ1) is 19.2. The van der Waals surface area contributed by atoms with E-state index >= 15 is 0 Å². The molecule has 14 nitrogen and oxygen atoms in total. The van der Waals surface area contributed by atoms with E-state index in [1.165, 1.54) is 0 Å². The smallest absolute Gasteiger partial charge is 0.417 e. The van der Waals surface area contributed by atoms with Gasteiger partial charge in [-0.15, -0.1) is 0 Å². The molecule has 1 amide bonds. The molecular formula is C23H28F3N7O7. The van der Waals surface area contributed by atoms with Crippen LogP contribution >= 0.6 is 0 Å². The van der Waals surface area contributed by atoms with Gasteiger partial charge in [0.25, 0.3) is 5.91 Å². The van der Waals surface area contributed by atoms with E-state index in [1.807, 2.05) is 9.80 Å². The third-order valence-electron chi connectivity index (χ3n) is 5.75. The van der Waals surface area contributed by atoms with Crippen molar-refractivity contribution in [1.82, 2.24) is 19.9 Å². The Morgan fingerprint density at radius 2 is 1.48 bits per heavy atom. The van der Waals surface area contributed by atoms with Crippen LogP contribution in [0.1, 0.15) is 5.56 Å². The van der Waals surface area contributed by atoms with E-state index in [0.29, 0.717) is 58.7 Å². The SMILES string of the molecule is O=C(O)COCCOCC(=O)Nc1cc(C(F)(F)F)c(-c2nc(N3CCOCC3)nc(N3CCOCC3)n2)cn1. The molecule has 2 aromatic rings. The maximum atomic E-state index is 14.2. The maximum absolute atomic E-state index is 14.2. The summed E-state index contributed by atoms with van der Waals surface area (Å²) in [5, 5.41) is 10.8. The van der Waals surface area contributed by atoms with Crippen LogP contribution < -0.4 is 15.1 Å². The molecule has 2 saturated heterocycles. The molecule has 2 fully saturated rings. The number of ether oxygens (including phenoxy) is 4. The lowest BCUT2D eigenvalue weighted by molar-refractivity contribution is -0.143. The summed E-state index contributed by atoms with van der Waals surface area (Å²) in [5.74, 6) is -2.01. The molecule has 4 rings (SSSR count). The minimum absolute atomic E-state index is 0.0738. The van der Waals surface area contributed by atoms with E-state index in [4.69, 9.17) is 24.1 Å². The minimum atomic E-state index is -4.82. The van der Waals surface area contributed by atoms with Crippen molar-refractivity contribution >= 4 is 29.6 Å². The zero-order chi connectivity index (χ0) is 28.5. The van der Waals surface area contributed by atoms with Gasteiger partial charge in [-0.3, -0.25) is 4.79 Å². The summed E-state index contributed by atoms with van der Waals surface area (Å²) >= 11 is 0. The van der Waals surface area contributed by atoms with Crippen LogP contribution in [0.3, 0.4) is 0 Å².